The lowest BCUT2D eigenvalue weighted by Crippen LogP contribution is -2.40. The maximum atomic E-state index is 12.5. The molecule has 0 bridgehead atoms. The standard InChI is InChI=1S/C19H31N3O2/c1-19(2,3)12-16(23)22-11-7-10-15(13-22)18-21-20-17(24-18)14-8-5-4-6-9-14/h14-15H,4-13H2,1-3H3. The largest absolute Gasteiger partial charge is 0.425 e. The molecule has 5 nitrogen and oxygen atoms in total. The minimum Gasteiger partial charge on any atom is -0.425 e. The molecule has 1 amide bonds. The van der Waals surface area contributed by atoms with Gasteiger partial charge in [-0.15, -0.1) is 10.2 Å². The Bertz CT molecular complexity index is 555. The van der Waals surface area contributed by atoms with Gasteiger partial charge in [-0.05, 0) is 31.1 Å². The van der Waals surface area contributed by atoms with Gasteiger partial charge in [-0.25, -0.2) is 0 Å². The Balaban J connectivity index is 1.62. The Labute approximate surface area is 145 Å². The molecule has 2 heterocycles. The second-order valence-corrected chi connectivity index (χ2v) is 8.73. The number of amides is 1. The molecule has 134 valence electrons. The van der Waals surface area contributed by atoms with Crippen molar-refractivity contribution in [3.63, 3.8) is 0 Å². The Morgan fingerprint density at radius 2 is 1.67 bits per heavy atom. The molecule has 1 saturated heterocycles. The number of aromatic nitrogens is 2. The molecule has 2 fully saturated rings. The molecular formula is C19H31N3O2. The van der Waals surface area contributed by atoms with Crippen LogP contribution in [0.2, 0.25) is 0 Å². The summed E-state index contributed by atoms with van der Waals surface area (Å²) >= 11 is 0. The second-order valence-electron chi connectivity index (χ2n) is 8.73. The predicted octanol–water partition coefficient (Wildman–Crippen LogP) is 4.26. The number of piperidine rings is 1. The maximum absolute atomic E-state index is 12.5. The minimum atomic E-state index is 0.0304. The zero-order valence-electron chi connectivity index (χ0n) is 15.4. The van der Waals surface area contributed by atoms with Gasteiger partial charge in [0.15, 0.2) is 0 Å². The quantitative estimate of drug-likeness (QED) is 0.829. The second kappa shape index (κ2) is 7.24. The van der Waals surface area contributed by atoms with Gasteiger partial charge in [0.2, 0.25) is 17.7 Å². The van der Waals surface area contributed by atoms with Crippen LogP contribution >= 0.6 is 0 Å². The Morgan fingerprint density at radius 3 is 2.33 bits per heavy atom. The molecule has 1 aromatic heterocycles. The van der Waals surface area contributed by atoms with Crippen molar-refractivity contribution in [2.45, 2.75) is 84.0 Å². The molecule has 2 aliphatic rings. The number of nitrogens with zero attached hydrogens (tertiary/aromatic N) is 3. The van der Waals surface area contributed by atoms with E-state index in [1.165, 1.54) is 32.1 Å². The van der Waals surface area contributed by atoms with Gasteiger partial charge in [-0.3, -0.25) is 4.79 Å². The van der Waals surface area contributed by atoms with Gasteiger partial charge in [0.1, 0.15) is 0 Å². The van der Waals surface area contributed by atoms with Crippen molar-refractivity contribution in [1.82, 2.24) is 15.1 Å². The van der Waals surface area contributed by atoms with Crippen LogP contribution in [0.15, 0.2) is 4.42 Å². The van der Waals surface area contributed by atoms with Crippen LogP contribution in [-0.4, -0.2) is 34.1 Å². The van der Waals surface area contributed by atoms with Crippen molar-refractivity contribution < 1.29 is 9.21 Å². The fourth-order valence-corrected chi connectivity index (χ4v) is 3.90. The average Bonchev–Trinajstić information content (AvgIpc) is 3.04. The van der Waals surface area contributed by atoms with Crippen molar-refractivity contribution in [1.29, 1.82) is 0 Å². The van der Waals surface area contributed by atoms with E-state index in [0.29, 0.717) is 12.3 Å². The highest BCUT2D eigenvalue weighted by molar-refractivity contribution is 5.77. The van der Waals surface area contributed by atoms with E-state index < -0.39 is 0 Å². The van der Waals surface area contributed by atoms with E-state index in [-0.39, 0.29) is 17.2 Å². The first-order valence-corrected chi connectivity index (χ1v) is 9.53. The van der Waals surface area contributed by atoms with Crippen LogP contribution in [0.4, 0.5) is 0 Å². The van der Waals surface area contributed by atoms with E-state index in [9.17, 15) is 4.79 Å². The number of likely N-dealkylation sites (tertiary alicyclic amines) is 1. The van der Waals surface area contributed by atoms with Gasteiger partial charge in [-0.1, -0.05) is 40.0 Å². The molecule has 24 heavy (non-hydrogen) atoms. The number of carbonyl (C=O) groups excluding carboxylic acids is 1. The van der Waals surface area contributed by atoms with E-state index in [4.69, 9.17) is 4.42 Å². The summed E-state index contributed by atoms with van der Waals surface area (Å²) < 4.78 is 6.03. The third-order valence-electron chi connectivity index (χ3n) is 5.22. The molecule has 5 heteroatoms. The number of hydrogen-bond donors (Lipinski definition) is 0. The van der Waals surface area contributed by atoms with Gasteiger partial charge in [-0.2, -0.15) is 0 Å². The third kappa shape index (κ3) is 4.37. The van der Waals surface area contributed by atoms with Crippen molar-refractivity contribution in [3.8, 4) is 0 Å². The smallest absolute Gasteiger partial charge is 0.223 e. The molecule has 1 aromatic rings. The average molecular weight is 333 g/mol. The zero-order chi connectivity index (χ0) is 17.2. The van der Waals surface area contributed by atoms with Crippen LogP contribution in [0.1, 0.15) is 95.8 Å². The molecule has 1 saturated carbocycles. The van der Waals surface area contributed by atoms with Crippen molar-refractivity contribution in [3.05, 3.63) is 11.8 Å². The van der Waals surface area contributed by atoms with E-state index in [2.05, 4.69) is 31.0 Å². The summed E-state index contributed by atoms with van der Waals surface area (Å²) in [6.07, 6.45) is 8.84. The molecule has 3 rings (SSSR count). The summed E-state index contributed by atoms with van der Waals surface area (Å²) in [7, 11) is 0. The SMILES string of the molecule is CC(C)(C)CC(=O)N1CCCC(c2nnc(C3CCCCC3)o2)C1. The van der Waals surface area contributed by atoms with E-state index in [1.54, 1.807) is 0 Å². The highest BCUT2D eigenvalue weighted by Gasteiger charge is 2.31. The molecule has 1 aliphatic carbocycles. The summed E-state index contributed by atoms with van der Waals surface area (Å²) in [5.41, 5.74) is 0.0304. The van der Waals surface area contributed by atoms with Crippen molar-refractivity contribution >= 4 is 5.91 Å². The van der Waals surface area contributed by atoms with Crippen LogP contribution < -0.4 is 0 Å². The summed E-state index contributed by atoms with van der Waals surface area (Å²) in [4.78, 5) is 14.5. The monoisotopic (exact) mass is 333 g/mol. The summed E-state index contributed by atoms with van der Waals surface area (Å²) in [5, 5.41) is 8.65. The first-order chi connectivity index (χ1) is 11.4. The van der Waals surface area contributed by atoms with Gasteiger partial charge in [0, 0.05) is 25.4 Å². The molecular weight excluding hydrogens is 302 g/mol. The fourth-order valence-electron chi connectivity index (χ4n) is 3.90. The lowest BCUT2D eigenvalue weighted by atomic mass is 9.89. The maximum Gasteiger partial charge on any atom is 0.223 e. The van der Waals surface area contributed by atoms with E-state index in [0.717, 1.165) is 37.7 Å². The van der Waals surface area contributed by atoms with Crippen LogP contribution in [0.25, 0.3) is 0 Å². The highest BCUT2D eigenvalue weighted by atomic mass is 16.4. The normalized spacial score (nSPS) is 23.5. The zero-order valence-corrected chi connectivity index (χ0v) is 15.4. The molecule has 1 aliphatic heterocycles. The molecule has 1 unspecified atom stereocenters. The molecule has 0 radical (unpaired) electrons. The van der Waals surface area contributed by atoms with Crippen LogP contribution in [0.5, 0.6) is 0 Å². The van der Waals surface area contributed by atoms with Gasteiger partial charge in [0.05, 0.1) is 5.92 Å². The molecule has 0 N–H and O–H groups in total. The first-order valence-electron chi connectivity index (χ1n) is 9.53. The Kier molecular flexibility index (Phi) is 5.26. The van der Waals surface area contributed by atoms with Crippen LogP contribution in [0, 0.1) is 5.41 Å². The summed E-state index contributed by atoms with van der Waals surface area (Å²) in [6.45, 7) is 7.92. The van der Waals surface area contributed by atoms with Gasteiger partial charge >= 0.3 is 0 Å². The number of hydrogen-bond acceptors (Lipinski definition) is 4. The summed E-state index contributed by atoms with van der Waals surface area (Å²) in [6, 6.07) is 0. The van der Waals surface area contributed by atoms with Crippen molar-refractivity contribution in [2.24, 2.45) is 5.41 Å². The van der Waals surface area contributed by atoms with Crippen molar-refractivity contribution in [2.75, 3.05) is 13.1 Å². The highest BCUT2D eigenvalue weighted by Crippen LogP contribution is 2.34. The predicted molar refractivity (Wildman–Crippen MR) is 92.8 cm³/mol. The minimum absolute atomic E-state index is 0.0304. The van der Waals surface area contributed by atoms with Crippen LogP contribution in [0.3, 0.4) is 0 Å². The van der Waals surface area contributed by atoms with Crippen LogP contribution in [-0.2, 0) is 4.79 Å². The summed E-state index contributed by atoms with van der Waals surface area (Å²) in [5.74, 6) is 2.46. The third-order valence-corrected chi connectivity index (χ3v) is 5.22. The van der Waals surface area contributed by atoms with Gasteiger partial charge in [0.25, 0.3) is 0 Å². The first kappa shape index (κ1) is 17.4. The fraction of sp³-hybridized carbons (Fsp3) is 0.842. The molecule has 1 atom stereocenters. The van der Waals surface area contributed by atoms with E-state index >= 15 is 0 Å². The Morgan fingerprint density at radius 1 is 1.04 bits per heavy atom. The van der Waals surface area contributed by atoms with Gasteiger partial charge < -0.3 is 9.32 Å². The number of carbonyl (C=O) groups is 1. The Hall–Kier alpha value is -1.39. The lowest BCUT2D eigenvalue weighted by molar-refractivity contribution is -0.134. The topological polar surface area (TPSA) is 59.2 Å². The number of rotatable bonds is 3. The lowest BCUT2D eigenvalue weighted by Gasteiger charge is -2.33. The molecule has 0 aromatic carbocycles. The molecule has 0 spiro atoms. The van der Waals surface area contributed by atoms with E-state index in [1.807, 2.05) is 4.90 Å².